The van der Waals surface area contributed by atoms with Gasteiger partial charge >= 0.3 is 0 Å². The van der Waals surface area contributed by atoms with Gasteiger partial charge in [-0.3, -0.25) is 4.68 Å². The van der Waals surface area contributed by atoms with Crippen LogP contribution in [-0.2, 0) is 16.9 Å². The van der Waals surface area contributed by atoms with Gasteiger partial charge in [-0.25, -0.2) is 23.4 Å². The number of aryl methyl sites for hydroxylation is 1. The SMILES string of the molecule is CC(C)c1ccc(N2C[C@H](CS(C)(=O)=O)[C@H]2C)c2cnc(Nc3ccnc(-c4cn(C)nn4)n3)cc12. The van der Waals surface area contributed by atoms with Crippen LogP contribution in [0.4, 0.5) is 17.3 Å². The van der Waals surface area contributed by atoms with E-state index in [2.05, 4.69) is 74.5 Å². The molecule has 1 saturated heterocycles. The molecule has 11 heteroatoms. The van der Waals surface area contributed by atoms with Crippen molar-refractivity contribution in [1.82, 2.24) is 29.9 Å². The van der Waals surface area contributed by atoms with E-state index in [9.17, 15) is 8.42 Å². The monoisotopic (exact) mass is 506 g/mol. The fourth-order valence-electron chi connectivity index (χ4n) is 4.79. The van der Waals surface area contributed by atoms with Crippen molar-refractivity contribution in [2.24, 2.45) is 13.0 Å². The van der Waals surface area contributed by atoms with E-state index in [1.54, 1.807) is 30.2 Å². The molecule has 1 N–H and O–H groups in total. The van der Waals surface area contributed by atoms with E-state index in [1.165, 1.54) is 11.8 Å². The van der Waals surface area contributed by atoms with Crippen LogP contribution >= 0.6 is 0 Å². The molecule has 188 valence electrons. The van der Waals surface area contributed by atoms with Gasteiger partial charge in [-0.05, 0) is 42.0 Å². The zero-order chi connectivity index (χ0) is 25.6. The lowest BCUT2D eigenvalue weighted by Crippen LogP contribution is -2.57. The van der Waals surface area contributed by atoms with Crippen LogP contribution in [-0.4, -0.2) is 63.0 Å². The van der Waals surface area contributed by atoms with Crippen molar-refractivity contribution in [2.75, 3.05) is 28.8 Å². The standard InChI is InChI=1S/C25H30N8O2S/c1-15(2)18-6-7-22(33-12-17(16(33)3)14-36(5,34)35)20-11-27-24(10-19(18)20)28-23-8-9-26-25(29-23)21-13-32(4)31-30-21/h6-11,13,15-17H,12,14H2,1-5H3,(H,26,27,28,29)/t16-,17-/m1/s1. The lowest BCUT2D eigenvalue weighted by Gasteiger charge is -2.48. The van der Waals surface area contributed by atoms with Crippen LogP contribution in [0, 0.1) is 5.92 Å². The predicted octanol–water partition coefficient (Wildman–Crippen LogP) is 3.56. The van der Waals surface area contributed by atoms with Crippen molar-refractivity contribution in [3.63, 3.8) is 0 Å². The summed E-state index contributed by atoms with van der Waals surface area (Å²) in [6, 6.07) is 8.29. The quantitative estimate of drug-likeness (QED) is 0.401. The van der Waals surface area contributed by atoms with E-state index in [1.807, 2.05) is 6.20 Å². The molecule has 0 saturated carbocycles. The summed E-state index contributed by atoms with van der Waals surface area (Å²) in [5.74, 6) is 2.45. The van der Waals surface area contributed by atoms with Gasteiger partial charge in [0.05, 0.1) is 11.9 Å². The highest BCUT2D eigenvalue weighted by Crippen LogP contribution is 2.39. The average Bonchev–Trinajstić information content (AvgIpc) is 3.26. The molecule has 36 heavy (non-hydrogen) atoms. The topological polar surface area (TPSA) is 119 Å². The van der Waals surface area contributed by atoms with Crippen molar-refractivity contribution < 1.29 is 8.42 Å². The van der Waals surface area contributed by atoms with Gasteiger partial charge in [-0.15, -0.1) is 5.10 Å². The first-order chi connectivity index (χ1) is 17.1. The molecule has 0 amide bonds. The Balaban J connectivity index is 1.46. The van der Waals surface area contributed by atoms with Crippen molar-refractivity contribution in [2.45, 2.75) is 32.7 Å². The number of nitrogens with zero attached hydrogens (tertiary/aromatic N) is 7. The molecule has 0 spiro atoms. The van der Waals surface area contributed by atoms with Gasteiger partial charge in [0.2, 0.25) is 0 Å². The second-order valence-corrected chi connectivity index (χ2v) is 12.0. The molecule has 4 heterocycles. The first kappa shape index (κ1) is 24.1. The fourth-order valence-corrected chi connectivity index (χ4v) is 5.95. The second-order valence-electron chi connectivity index (χ2n) is 9.86. The van der Waals surface area contributed by atoms with Crippen LogP contribution < -0.4 is 10.2 Å². The summed E-state index contributed by atoms with van der Waals surface area (Å²) in [6.07, 6.45) is 6.64. The molecule has 1 aliphatic rings. The molecule has 1 fully saturated rings. The molecule has 5 rings (SSSR count). The van der Waals surface area contributed by atoms with Crippen LogP contribution in [0.3, 0.4) is 0 Å². The molecule has 0 unspecified atom stereocenters. The molecule has 0 aliphatic carbocycles. The Labute approximate surface area is 210 Å². The summed E-state index contributed by atoms with van der Waals surface area (Å²) in [7, 11) is -1.21. The molecule has 10 nitrogen and oxygen atoms in total. The maximum atomic E-state index is 11.8. The highest BCUT2D eigenvalue weighted by molar-refractivity contribution is 7.90. The lowest BCUT2D eigenvalue weighted by atomic mass is 9.88. The zero-order valence-corrected chi connectivity index (χ0v) is 21.9. The predicted molar refractivity (Wildman–Crippen MR) is 141 cm³/mol. The second kappa shape index (κ2) is 9.12. The minimum Gasteiger partial charge on any atom is -0.368 e. The largest absolute Gasteiger partial charge is 0.368 e. The van der Waals surface area contributed by atoms with E-state index < -0.39 is 9.84 Å². The van der Waals surface area contributed by atoms with Crippen LogP contribution in [0.25, 0.3) is 22.3 Å². The summed E-state index contributed by atoms with van der Waals surface area (Å²) in [6.45, 7) is 7.16. The number of pyridine rings is 1. The number of sulfone groups is 1. The number of hydrogen-bond donors (Lipinski definition) is 1. The summed E-state index contributed by atoms with van der Waals surface area (Å²) in [5.41, 5.74) is 2.90. The summed E-state index contributed by atoms with van der Waals surface area (Å²) in [5, 5.41) is 13.5. The van der Waals surface area contributed by atoms with Crippen LogP contribution in [0.5, 0.6) is 0 Å². The first-order valence-corrected chi connectivity index (χ1v) is 14.0. The molecule has 3 aromatic heterocycles. The van der Waals surface area contributed by atoms with Gasteiger partial charge in [0.15, 0.2) is 5.82 Å². The number of anilines is 3. The average molecular weight is 507 g/mol. The highest BCUT2D eigenvalue weighted by Gasteiger charge is 2.38. The van der Waals surface area contributed by atoms with E-state index in [-0.39, 0.29) is 17.7 Å². The molecule has 1 aromatic carbocycles. The minimum absolute atomic E-state index is 0.134. The molecule has 4 aromatic rings. The number of nitrogens with one attached hydrogen (secondary N) is 1. The molecular weight excluding hydrogens is 476 g/mol. The minimum atomic E-state index is -3.00. The summed E-state index contributed by atoms with van der Waals surface area (Å²) >= 11 is 0. The lowest BCUT2D eigenvalue weighted by molar-refractivity contribution is 0.342. The van der Waals surface area contributed by atoms with Crippen LogP contribution in [0.1, 0.15) is 32.3 Å². The van der Waals surface area contributed by atoms with Gasteiger partial charge in [0.25, 0.3) is 0 Å². The number of aromatic nitrogens is 6. The normalized spacial score (nSPS) is 18.0. The third-order valence-corrected chi connectivity index (χ3v) is 7.74. The van der Waals surface area contributed by atoms with Gasteiger partial charge in [-0.1, -0.05) is 25.1 Å². The number of benzene rings is 1. The Morgan fingerprint density at radius 3 is 2.61 bits per heavy atom. The molecule has 0 bridgehead atoms. The summed E-state index contributed by atoms with van der Waals surface area (Å²) in [4.78, 5) is 15.8. The van der Waals surface area contributed by atoms with Crippen molar-refractivity contribution in [3.05, 3.63) is 48.4 Å². The van der Waals surface area contributed by atoms with Crippen LogP contribution in [0.2, 0.25) is 0 Å². The van der Waals surface area contributed by atoms with Gasteiger partial charge < -0.3 is 10.2 Å². The Bertz CT molecular complexity index is 1530. The maximum absolute atomic E-state index is 11.8. The Kier molecular flexibility index (Phi) is 6.11. The van der Waals surface area contributed by atoms with Gasteiger partial charge in [0, 0.05) is 55.3 Å². The van der Waals surface area contributed by atoms with Crippen molar-refractivity contribution in [3.8, 4) is 11.5 Å². The van der Waals surface area contributed by atoms with E-state index >= 15 is 0 Å². The van der Waals surface area contributed by atoms with E-state index in [0.29, 0.717) is 29.1 Å². The van der Waals surface area contributed by atoms with E-state index in [0.717, 1.165) is 23.0 Å². The van der Waals surface area contributed by atoms with Crippen molar-refractivity contribution >= 4 is 37.9 Å². The summed E-state index contributed by atoms with van der Waals surface area (Å²) < 4.78 is 25.2. The smallest absolute Gasteiger partial charge is 0.183 e. The first-order valence-electron chi connectivity index (χ1n) is 11.9. The zero-order valence-electron chi connectivity index (χ0n) is 21.0. The van der Waals surface area contributed by atoms with Crippen molar-refractivity contribution in [1.29, 1.82) is 0 Å². The third-order valence-electron chi connectivity index (χ3n) is 6.71. The Morgan fingerprint density at radius 2 is 1.94 bits per heavy atom. The van der Waals surface area contributed by atoms with Crippen LogP contribution in [0.15, 0.2) is 42.9 Å². The molecule has 1 aliphatic heterocycles. The number of rotatable bonds is 7. The van der Waals surface area contributed by atoms with E-state index in [4.69, 9.17) is 0 Å². The highest BCUT2D eigenvalue weighted by atomic mass is 32.2. The number of hydrogen-bond acceptors (Lipinski definition) is 9. The Hall–Kier alpha value is -3.60. The molecule has 0 radical (unpaired) electrons. The van der Waals surface area contributed by atoms with Gasteiger partial charge in [0.1, 0.15) is 27.2 Å². The molecular formula is C25H30N8O2S. The maximum Gasteiger partial charge on any atom is 0.183 e. The number of fused-ring (bicyclic) bond motifs is 1. The molecule has 2 atom stereocenters. The van der Waals surface area contributed by atoms with Gasteiger partial charge in [-0.2, -0.15) is 0 Å². The Morgan fingerprint density at radius 1 is 1.14 bits per heavy atom. The fraction of sp³-hybridized carbons (Fsp3) is 0.400. The third kappa shape index (κ3) is 4.75.